The van der Waals surface area contributed by atoms with Crippen molar-refractivity contribution < 1.29 is 9.13 Å². The van der Waals surface area contributed by atoms with Gasteiger partial charge in [-0.1, -0.05) is 12.1 Å². The first-order chi connectivity index (χ1) is 8.78. The molecule has 0 bridgehead atoms. The first-order valence-electron chi connectivity index (χ1n) is 6.46. The van der Waals surface area contributed by atoms with Gasteiger partial charge in [-0.25, -0.2) is 4.39 Å². The van der Waals surface area contributed by atoms with Gasteiger partial charge < -0.3 is 4.74 Å². The van der Waals surface area contributed by atoms with E-state index in [0.717, 1.165) is 51.4 Å². The summed E-state index contributed by atoms with van der Waals surface area (Å²) in [5, 5.41) is 0. The summed E-state index contributed by atoms with van der Waals surface area (Å²) in [6.07, 6.45) is 0. The lowest BCUT2D eigenvalue weighted by Crippen LogP contribution is -2.46. The van der Waals surface area contributed by atoms with Crippen LogP contribution in [0.5, 0.6) is 0 Å². The minimum absolute atomic E-state index is 0.147. The minimum atomic E-state index is -0.147. The third-order valence-corrected chi connectivity index (χ3v) is 3.37. The van der Waals surface area contributed by atoms with Gasteiger partial charge in [-0.3, -0.25) is 9.80 Å². The number of nitrogens with zero attached hydrogens (tertiary/aromatic N) is 2. The fraction of sp³-hybridized carbons (Fsp3) is 0.571. The number of rotatable bonds is 5. The quantitative estimate of drug-likeness (QED) is 0.791. The summed E-state index contributed by atoms with van der Waals surface area (Å²) < 4.78 is 18.2. The van der Waals surface area contributed by atoms with Crippen LogP contribution >= 0.6 is 0 Å². The highest BCUT2D eigenvalue weighted by molar-refractivity contribution is 5.16. The zero-order valence-electron chi connectivity index (χ0n) is 10.9. The van der Waals surface area contributed by atoms with Gasteiger partial charge in [0.15, 0.2) is 0 Å². The average molecular weight is 252 g/mol. The molecule has 1 saturated heterocycles. The predicted molar refractivity (Wildman–Crippen MR) is 70.0 cm³/mol. The number of halogens is 1. The molecule has 3 nitrogen and oxygen atoms in total. The average Bonchev–Trinajstić information content (AvgIpc) is 2.38. The molecule has 0 unspecified atom stereocenters. The van der Waals surface area contributed by atoms with E-state index in [1.807, 2.05) is 6.07 Å². The molecule has 1 aromatic carbocycles. The van der Waals surface area contributed by atoms with Crippen LogP contribution in [0.2, 0.25) is 0 Å². The van der Waals surface area contributed by atoms with Gasteiger partial charge in [0, 0.05) is 46.4 Å². The van der Waals surface area contributed by atoms with E-state index in [9.17, 15) is 4.39 Å². The lowest BCUT2D eigenvalue weighted by Gasteiger charge is -2.34. The summed E-state index contributed by atoms with van der Waals surface area (Å²) in [6.45, 7) is 6.86. The Morgan fingerprint density at radius 1 is 1.17 bits per heavy atom. The largest absolute Gasteiger partial charge is 0.383 e. The number of methoxy groups -OCH3 is 1. The molecule has 18 heavy (non-hydrogen) atoms. The SMILES string of the molecule is COCCN1CCN(Cc2cccc(F)c2)CC1. The first-order valence-corrected chi connectivity index (χ1v) is 6.46. The normalized spacial score (nSPS) is 18.1. The van der Waals surface area contributed by atoms with Crippen LogP contribution in [0.25, 0.3) is 0 Å². The zero-order valence-corrected chi connectivity index (χ0v) is 10.9. The maximum Gasteiger partial charge on any atom is 0.123 e. The molecule has 0 atom stereocenters. The van der Waals surface area contributed by atoms with E-state index >= 15 is 0 Å². The van der Waals surface area contributed by atoms with E-state index in [1.165, 1.54) is 6.07 Å². The maximum absolute atomic E-state index is 13.1. The second-order valence-corrected chi connectivity index (χ2v) is 4.74. The molecule has 1 aliphatic rings. The highest BCUT2D eigenvalue weighted by Gasteiger charge is 2.16. The Morgan fingerprint density at radius 3 is 2.56 bits per heavy atom. The molecule has 0 radical (unpaired) electrons. The van der Waals surface area contributed by atoms with Crippen molar-refractivity contribution in [2.24, 2.45) is 0 Å². The Labute approximate surface area is 108 Å². The Hall–Kier alpha value is -0.970. The highest BCUT2D eigenvalue weighted by atomic mass is 19.1. The van der Waals surface area contributed by atoms with E-state index in [4.69, 9.17) is 4.74 Å². The summed E-state index contributed by atoms with van der Waals surface area (Å²) in [7, 11) is 1.74. The van der Waals surface area contributed by atoms with Gasteiger partial charge in [0.25, 0.3) is 0 Å². The molecule has 1 heterocycles. The van der Waals surface area contributed by atoms with Crippen molar-refractivity contribution in [2.75, 3.05) is 46.4 Å². The molecule has 0 N–H and O–H groups in total. The summed E-state index contributed by atoms with van der Waals surface area (Å²) >= 11 is 0. The second kappa shape index (κ2) is 6.83. The second-order valence-electron chi connectivity index (χ2n) is 4.74. The summed E-state index contributed by atoms with van der Waals surface area (Å²) in [5.74, 6) is -0.147. The number of piperazine rings is 1. The number of hydrogen-bond acceptors (Lipinski definition) is 3. The standard InChI is InChI=1S/C14H21FN2O/c1-18-10-9-16-5-7-17(8-6-16)12-13-3-2-4-14(15)11-13/h2-4,11H,5-10,12H2,1H3. The van der Waals surface area contributed by atoms with Crippen LogP contribution in [0.1, 0.15) is 5.56 Å². The summed E-state index contributed by atoms with van der Waals surface area (Å²) in [4.78, 5) is 4.78. The highest BCUT2D eigenvalue weighted by Crippen LogP contribution is 2.09. The van der Waals surface area contributed by atoms with Crippen LogP contribution in [-0.2, 0) is 11.3 Å². The molecule has 1 aromatic rings. The zero-order chi connectivity index (χ0) is 12.8. The molecule has 1 aliphatic heterocycles. The Balaban J connectivity index is 1.76. The molecular weight excluding hydrogens is 231 g/mol. The fourth-order valence-corrected chi connectivity index (χ4v) is 2.28. The molecule has 0 spiro atoms. The van der Waals surface area contributed by atoms with E-state index in [2.05, 4.69) is 9.80 Å². The van der Waals surface area contributed by atoms with Crippen molar-refractivity contribution in [3.05, 3.63) is 35.6 Å². The van der Waals surface area contributed by atoms with Crippen LogP contribution in [0.4, 0.5) is 4.39 Å². The minimum Gasteiger partial charge on any atom is -0.383 e. The van der Waals surface area contributed by atoms with Crippen molar-refractivity contribution >= 4 is 0 Å². The topological polar surface area (TPSA) is 15.7 Å². The number of hydrogen-bond donors (Lipinski definition) is 0. The van der Waals surface area contributed by atoms with Crippen molar-refractivity contribution in [3.8, 4) is 0 Å². The summed E-state index contributed by atoms with van der Waals surface area (Å²) in [6, 6.07) is 6.88. The molecular formula is C14H21FN2O. The Kier molecular flexibility index (Phi) is 5.11. The van der Waals surface area contributed by atoms with Crippen molar-refractivity contribution in [3.63, 3.8) is 0 Å². The monoisotopic (exact) mass is 252 g/mol. The predicted octanol–water partition coefficient (Wildman–Crippen LogP) is 1.59. The third-order valence-electron chi connectivity index (χ3n) is 3.37. The van der Waals surface area contributed by atoms with Crippen molar-refractivity contribution in [2.45, 2.75) is 6.54 Å². The van der Waals surface area contributed by atoms with Crippen molar-refractivity contribution in [1.29, 1.82) is 0 Å². The van der Waals surface area contributed by atoms with Gasteiger partial charge in [-0.2, -0.15) is 0 Å². The van der Waals surface area contributed by atoms with Gasteiger partial charge in [0.2, 0.25) is 0 Å². The van der Waals surface area contributed by atoms with Gasteiger partial charge >= 0.3 is 0 Å². The van der Waals surface area contributed by atoms with Crippen LogP contribution in [0.15, 0.2) is 24.3 Å². The molecule has 0 amide bonds. The van der Waals surface area contributed by atoms with Gasteiger partial charge in [0.1, 0.15) is 5.82 Å². The van der Waals surface area contributed by atoms with Crippen LogP contribution in [0, 0.1) is 5.82 Å². The Morgan fingerprint density at radius 2 is 1.89 bits per heavy atom. The first kappa shape index (κ1) is 13.5. The van der Waals surface area contributed by atoms with Crippen LogP contribution < -0.4 is 0 Å². The van der Waals surface area contributed by atoms with E-state index in [1.54, 1.807) is 19.2 Å². The van der Waals surface area contributed by atoms with Gasteiger partial charge in [-0.15, -0.1) is 0 Å². The summed E-state index contributed by atoms with van der Waals surface area (Å²) in [5.41, 5.74) is 1.06. The molecule has 0 saturated carbocycles. The van der Waals surface area contributed by atoms with E-state index in [-0.39, 0.29) is 5.82 Å². The van der Waals surface area contributed by atoms with Crippen LogP contribution in [0.3, 0.4) is 0 Å². The molecule has 100 valence electrons. The van der Waals surface area contributed by atoms with E-state index in [0.29, 0.717) is 0 Å². The maximum atomic E-state index is 13.1. The van der Waals surface area contributed by atoms with Gasteiger partial charge in [-0.05, 0) is 17.7 Å². The molecule has 4 heteroatoms. The smallest absolute Gasteiger partial charge is 0.123 e. The third kappa shape index (κ3) is 4.05. The van der Waals surface area contributed by atoms with Crippen molar-refractivity contribution in [1.82, 2.24) is 9.80 Å². The lowest BCUT2D eigenvalue weighted by molar-refractivity contribution is 0.0938. The number of benzene rings is 1. The molecule has 0 aromatic heterocycles. The van der Waals surface area contributed by atoms with E-state index < -0.39 is 0 Å². The lowest BCUT2D eigenvalue weighted by atomic mass is 10.2. The molecule has 2 rings (SSSR count). The van der Waals surface area contributed by atoms with Crippen LogP contribution in [-0.4, -0.2) is 56.2 Å². The fourth-order valence-electron chi connectivity index (χ4n) is 2.28. The number of ether oxygens (including phenoxy) is 1. The molecule has 0 aliphatic carbocycles. The Bertz CT molecular complexity index is 365. The molecule has 1 fully saturated rings. The van der Waals surface area contributed by atoms with Gasteiger partial charge in [0.05, 0.1) is 6.61 Å².